The van der Waals surface area contributed by atoms with Crippen LogP contribution in [0.1, 0.15) is 58.8 Å². The molecule has 1 amide bonds. The highest BCUT2D eigenvalue weighted by atomic mass is 16.4. The van der Waals surface area contributed by atoms with Gasteiger partial charge in [-0.15, -0.1) is 0 Å². The van der Waals surface area contributed by atoms with Crippen LogP contribution < -0.4 is 0 Å². The van der Waals surface area contributed by atoms with Gasteiger partial charge in [0.15, 0.2) is 0 Å². The minimum atomic E-state index is -0.976. The minimum absolute atomic E-state index is 0.0666. The standard InChI is InChI=1S/C13H23NO3/c1-11(2)14(10-15)13(12(16)17)8-6-4-3-5-7-9-13/h10-11H,3-9H2,1-2H3,(H,16,17). The summed E-state index contributed by atoms with van der Waals surface area (Å²) in [6.07, 6.45) is 6.98. The first-order valence-corrected chi connectivity index (χ1v) is 6.52. The van der Waals surface area contributed by atoms with Crippen molar-refractivity contribution in [2.24, 2.45) is 0 Å². The summed E-state index contributed by atoms with van der Waals surface area (Å²) < 4.78 is 0. The van der Waals surface area contributed by atoms with Crippen molar-refractivity contribution in [3.63, 3.8) is 0 Å². The van der Waals surface area contributed by atoms with Gasteiger partial charge in [0.05, 0.1) is 0 Å². The molecule has 0 unspecified atom stereocenters. The molecule has 0 radical (unpaired) electrons. The molecule has 1 fully saturated rings. The molecule has 1 aliphatic rings. The minimum Gasteiger partial charge on any atom is -0.479 e. The number of carboxylic acid groups (broad SMARTS) is 1. The maximum Gasteiger partial charge on any atom is 0.329 e. The van der Waals surface area contributed by atoms with Gasteiger partial charge in [-0.05, 0) is 26.7 Å². The Bertz CT molecular complexity index is 268. The summed E-state index contributed by atoms with van der Waals surface area (Å²) in [6, 6.07) is -0.0666. The SMILES string of the molecule is CC(C)N(C=O)C1(C(=O)O)CCCCCCC1. The second-order valence-corrected chi connectivity index (χ2v) is 5.21. The van der Waals surface area contributed by atoms with Gasteiger partial charge in [-0.3, -0.25) is 4.79 Å². The van der Waals surface area contributed by atoms with E-state index >= 15 is 0 Å². The van der Waals surface area contributed by atoms with E-state index in [-0.39, 0.29) is 6.04 Å². The largest absolute Gasteiger partial charge is 0.479 e. The Hall–Kier alpha value is -1.06. The Balaban J connectivity index is 2.99. The molecule has 4 nitrogen and oxygen atoms in total. The lowest BCUT2D eigenvalue weighted by Gasteiger charge is -2.42. The lowest BCUT2D eigenvalue weighted by Crippen LogP contribution is -2.57. The number of amides is 1. The number of carbonyl (C=O) groups excluding carboxylic acids is 1. The first kappa shape index (κ1) is 14.0. The van der Waals surface area contributed by atoms with Crippen LogP contribution in [0.25, 0.3) is 0 Å². The van der Waals surface area contributed by atoms with E-state index in [4.69, 9.17) is 0 Å². The number of aliphatic carboxylic acids is 1. The van der Waals surface area contributed by atoms with Crippen molar-refractivity contribution in [1.82, 2.24) is 4.90 Å². The van der Waals surface area contributed by atoms with Crippen LogP contribution in [0.2, 0.25) is 0 Å². The first-order chi connectivity index (χ1) is 8.04. The van der Waals surface area contributed by atoms with Crippen molar-refractivity contribution >= 4 is 12.4 Å². The van der Waals surface area contributed by atoms with E-state index in [1.165, 1.54) is 11.3 Å². The highest BCUT2D eigenvalue weighted by Gasteiger charge is 2.44. The molecule has 1 rings (SSSR count). The molecule has 0 bridgehead atoms. The third-order valence-electron chi connectivity index (χ3n) is 3.74. The molecule has 98 valence electrons. The van der Waals surface area contributed by atoms with Gasteiger partial charge < -0.3 is 10.0 Å². The zero-order valence-corrected chi connectivity index (χ0v) is 10.8. The van der Waals surface area contributed by atoms with Gasteiger partial charge in [0.2, 0.25) is 6.41 Å². The average Bonchev–Trinajstić information content (AvgIpc) is 2.21. The van der Waals surface area contributed by atoms with Gasteiger partial charge in [0.1, 0.15) is 5.54 Å². The molecule has 0 heterocycles. The number of carboxylic acids is 1. The van der Waals surface area contributed by atoms with Gasteiger partial charge in [-0.1, -0.05) is 32.1 Å². The van der Waals surface area contributed by atoms with Gasteiger partial charge in [-0.2, -0.15) is 0 Å². The molecule has 0 atom stereocenters. The fraction of sp³-hybridized carbons (Fsp3) is 0.846. The van der Waals surface area contributed by atoms with Crippen LogP contribution >= 0.6 is 0 Å². The summed E-state index contributed by atoms with van der Waals surface area (Å²) in [5, 5.41) is 9.56. The lowest BCUT2D eigenvalue weighted by molar-refractivity contribution is -0.159. The van der Waals surface area contributed by atoms with Crippen LogP contribution in [0.15, 0.2) is 0 Å². The molecule has 0 aliphatic heterocycles. The Morgan fingerprint density at radius 1 is 1.18 bits per heavy atom. The predicted molar refractivity (Wildman–Crippen MR) is 65.7 cm³/mol. The monoisotopic (exact) mass is 241 g/mol. The van der Waals surface area contributed by atoms with E-state index in [9.17, 15) is 14.7 Å². The molecule has 0 aromatic carbocycles. The Labute approximate surface area is 103 Å². The first-order valence-electron chi connectivity index (χ1n) is 6.52. The molecule has 17 heavy (non-hydrogen) atoms. The smallest absolute Gasteiger partial charge is 0.329 e. The summed E-state index contributed by atoms with van der Waals surface area (Å²) in [7, 11) is 0. The number of hydrogen-bond donors (Lipinski definition) is 1. The summed E-state index contributed by atoms with van der Waals surface area (Å²) in [5.74, 6) is -0.847. The maximum atomic E-state index is 11.6. The average molecular weight is 241 g/mol. The second kappa shape index (κ2) is 6.03. The van der Waals surface area contributed by atoms with Crippen molar-refractivity contribution in [2.45, 2.75) is 70.4 Å². The molecular formula is C13H23NO3. The maximum absolute atomic E-state index is 11.6. The van der Waals surface area contributed by atoms with Gasteiger partial charge in [-0.25, -0.2) is 4.79 Å². The van der Waals surface area contributed by atoms with E-state index in [2.05, 4.69) is 0 Å². The Kier molecular flexibility index (Phi) is 4.97. The Morgan fingerprint density at radius 3 is 2.00 bits per heavy atom. The van der Waals surface area contributed by atoms with Crippen molar-refractivity contribution < 1.29 is 14.7 Å². The molecule has 4 heteroatoms. The highest BCUT2D eigenvalue weighted by Crippen LogP contribution is 2.32. The van der Waals surface area contributed by atoms with E-state index in [0.29, 0.717) is 19.3 Å². The molecule has 1 aliphatic carbocycles. The molecule has 0 spiro atoms. The summed E-state index contributed by atoms with van der Waals surface area (Å²) >= 11 is 0. The molecular weight excluding hydrogens is 218 g/mol. The summed E-state index contributed by atoms with van der Waals surface area (Å²) in [4.78, 5) is 24.4. The molecule has 0 aromatic rings. The van der Waals surface area contributed by atoms with E-state index < -0.39 is 11.5 Å². The summed E-state index contributed by atoms with van der Waals surface area (Å²) in [5.41, 5.74) is -0.976. The second-order valence-electron chi connectivity index (χ2n) is 5.21. The van der Waals surface area contributed by atoms with Crippen molar-refractivity contribution in [3.8, 4) is 0 Å². The quantitative estimate of drug-likeness (QED) is 0.769. The Morgan fingerprint density at radius 2 is 1.65 bits per heavy atom. The normalized spacial score (nSPS) is 20.4. The number of carbonyl (C=O) groups is 2. The van der Waals surface area contributed by atoms with Crippen molar-refractivity contribution in [1.29, 1.82) is 0 Å². The lowest BCUT2D eigenvalue weighted by atomic mass is 9.82. The van der Waals surface area contributed by atoms with E-state index in [1.54, 1.807) is 0 Å². The molecule has 1 N–H and O–H groups in total. The van der Waals surface area contributed by atoms with Crippen LogP contribution in [0.4, 0.5) is 0 Å². The number of hydrogen-bond acceptors (Lipinski definition) is 2. The fourth-order valence-corrected chi connectivity index (χ4v) is 2.79. The van der Waals surface area contributed by atoms with Crippen LogP contribution in [-0.4, -0.2) is 34.0 Å². The third kappa shape index (κ3) is 2.99. The van der Waals surface area contributed by atoms with Crippen LogP contribution in [0, 0.1) is 0 Å². The fourth-order valence-electron chi connectivity index (χ4n) is 2.79. The predicted octanol–water partition coefficient (Wildman–Crippen LogP) is 2.42. The van der Waals surface area contributed by atoms with Crippen LogP contribution in [-0.2, 0) is 9.59 Å². The third-order valence-corrected chi connectivity index (χ3v) is 3.74. The van der Waals surface area contributed by atoms with Crippen molar-refractivity contribution in [2.75, 3.05) is 0 Å². The van der Waals surface area contributed by atoms with Gasteiger partial charge >= 0.3 is 5.97 Å². The van der Waals surface area contributed by atoms with Gasteiger partial charge in [0, 0.05) is 6.04 Å². The van der Waals surface area contributed by atoms with Crippen LogP contribution in [0.3, 0.4) is 0 Å². The van der Waals surface area contributed by atoms with E-state index in [0.717, 1.165) is 25.7 Å². The molecule has 0 saturated heterocycles. The van der Waals surface area contributed by atoms with Crippen molar-refractivity contribution in [3.05, 3.63) is 0 Å². The summed E-state index contributed by atoms with van der Waals surface area (Å²) in [6.45, 7) is 3.75. The van der Waals surface area contributed by atoms with Crippen LogP contribution in [0.5, 0.6) is 0 Å². The van der Waals surface area contributed by atoms with E-state index in [1.807, 2.05) is 13.8 Å². The molecule has 1 saturated carbocycles. The van der Waals surface area contributed by atoms with Gasteiger partial charge in [0.25, 0.3) is 0 Å². The number of rotatable bonds is 4. The highest BCUT2D eigenvalue weighted by molar-refractivity contribution is 5.81. The zero-order valence-electron chi connectivity index (χ0n) is 10.8. The molecule has 0 aromatic heterocycles. The number of nitrogens with zero attached hydrogens (tertiary/aromatic N) is 1. The topological polar surface area (TPSA) is 57.6 Å². The zero-order chi connectivity index (χ0) is 12.9.